The number of hydrogen-bond acceptors (Lipinski definition) is 3. The molecule has 3 nitrogen and oxygen atoms in total. The number of benzene rings is 1. The molecule has 0 saturated carbocycles. The van der Waals surface area contributed by atoms with Crippen LogP contribution in [0, 0.1) is 6.92 Å². The summed E-state index contributed by atoms with van der Waals surface area (Å²) in [4.78, 5) is 21.1. The minimum absolute atomic E-state index is 0.0151. The van der Waals surface area contributed by atoms with Gasteiger partial charge < -0.3 is 0 Å². The van der Waals surface area contributed by atoms with Crippen LogP contribution in [0.3, 0.4) is 0 Å². The molecule has 0 aliphatic heterocycles. The summed E-state index contributed by atoms with van der Waals surface area (Å²) < 4.78 is 0.901. The zero-order valence-corrected chi connectivity index (χ0v) is 13.1. The highest BCUT2D eigenvalue weighted by molar-refractivity contribution is 9.10. The molecular formula is C17H13BrN2O. The van der Waals surface area contributed by atoms with Gasteiger partial charge >= 0.3 is 0 Å². The first-order valence-electron chi connectivity index (χ1n) is 6.63. The first kappa shape index (κ1) is 13.9. The van der Waals surface area contributed by atoms with Crippen LogP contribution in [-0.4, -0.2) is 15.8 Å². The molecule has 2 aromatic heterocycles. The Labute approximate surface area is 131 Å². The number of aromatic nitrogens is 2. The number of rotatable bonds is 3. The van der Waals surface area contributed by atoms with Crippen LogP contribution < -0.4 is 0 Å². The summed E-state index contributed by atoms with van der Waals surface area (Å²) in [6.45, 7) is 2.00. The summed E-state index contributed by atoms with van der Waals surface area (Å²) >= 11 is 3.33. The lowest BCUT2D eigenvalue weighted by molar-refractivity contribution is 0.0987. The second kappa shape index (κ2) is 5.74. The van der Waals surface area contributed by atoms with E-state index in [0.717, 1.165) is 26.6 Å². The quantitative estimate of drug-likeness (QED) is 0.673. The first-order chi connectivity index (χ1) is 10.1. The predicted molar refractivity (Wildman–Crippen MR) is 86.5 cm³/mol. The molecule has 21 heavy (non-hydrogen) atoms. The maximum Gasteiger partial charge on any atom is 0.187 e. The maximum absolute atomic E-state index is 12.4. The van der Waals surface area contributed by atoms with Crippen molar-refractivity contribution in [2.75, 3.05) is 0 Å². The highest BCUT2D eigenvalue weighted by Crippen LogP contribution is 2.18. The largest absolute Gasteiger partial charge is 0.292 e. The van der Waals surface area contributed by atoms with Crippen molar-refractivity contribution in [3.63, 3.8) is 0 Å². The van der Waals surface area contributed by atoms with Crippen molar-refractivity contribution < 1.29 is 4.79 Å². The van der Waals surface area contributed by atoms with E-state index in [2.05, 4.69) is 25.9 Å². The lowest BCUT2D eigenvalue weighted by Gasteiger charge is -2.06. The number of nitrogens with zero attached hydrogens (tertiary/aromatic N) is 2. The van der Waals surface area contributed by atoms with E-state index in [1.165, 1.54) is 0 Å². The number of Topliss-reactive ketones (excluding diaryl/α,β-unsaturated/α-hetero) is 1. The van der Waals surface area contributed by atoms with Crippen LogP contribution in [-0.2, 0) is 6.42 Å². The van der Waals surface area contributed by atoms with Gasteiger partial charge in [-0.15, -0.1) is 0 Å². The lowest BCUT2D eigenvalue weighted by Crippen LogP contribution is -2.08. The van der Waals surface area contributed by atoms with Crippen LogP contribution in [0.2, 0.25) is 0 Å². The van der Waals surface area contributed by atoms with Gasteiger partial charge in [0.2, 0.25) is 0 Å². The number of para-hydroxylation sites is 1. The minimum atomic E-state index is -0.0151. The van der Waals surface area contributed by atoms with Crippen molar-refractivity contribution in [1.82, 2.24) is 9.97 Å². The number of halogens is 1. The van der Waals surface area contributed by atoms with Gasteiger partial charge in [-0.25, -0.2) is 4.98 Å². The fourth-order valence-corrected chi connectivity index (χ4v) is 2.49. The molecule has 0 saturated heterocycles. The monoisotopic (exact) mass is 340 g/mol. The van der Waals surface area contributed by atoms with Crippen molar-refractivity contribution >= 4 is 32.6 Å². The number of carbonyl (C=O) groups is 1. The Balaban J connectivity index is 1.92. The molecule has 0 aliphatic rings. The topological polar surface area (TPSA) is 42.9 Å². The summed E-state index contributed by atoms with van der Waals surface area (Å²) in [5.41, 5.74) is 3.16. The number of hydrogen-bond donors (Lipinski definition) is 0. The molecule has 104 valence electrons. The Morgan fingerprint density at radius 2 is 2.00 bits per heavy atom. The van der Waals surface area contributed by atoms with Crippen LogP contribution in [0.5, 0.6) is 0 Å². The third-order valence-electron chi connectivity index (χ3n) is 3.34. The van der Waals surface area contributed by atoms with Gasteiger partial charge in [0, 0.05) is 21.7 Å². The van der Waals surface area contributed by atoms with Gasteiger partial charge in [0.05, 0.1) is 11.9 Å². The van der Waals surface area contributed by atoms with Crippen molar-refractivity contribution in [2.45, 2.75) is 13.3 Å². The van der Waals surface area contributed by atoms with Crippen molar-refractivity contribution in [3.05, 3.63) is 70.1 Å². The molecule has 1 aromatic carbocycles. The SMILES string of the molecule is Cc1cc(C(=O)Cc2ccc(Br)cn2)nc2ccccc12. The maximum atomic E-state index is 12.4. The van der Waals surface area contributed by atoms with Crippen molar-refractivity contribution in [2.24, 2.45) is 0 Å². The molecule has 3 aromatic rings. The summed E-state index contributed by atoms with van der Waals surface area (Å²) in [6, 6.07) is 13.4. The van der Waals surface area contributed by atoms with E-state index in [1.54, 1.807) is 6.20 Å². The van der Waals surface area contributed by atoms with Gasteiger partial charge in [0.15, 0.2) is 5.78 Å². The Hall–Kier alpha value is -2.07. The molecule has 3 rings (SSSR count). The van der Waals surface area contributed by atoms with Gasteiger partial charge in [-0.1, -0.05) is 18.2 Å². The normalized spacial score (nSPS) is 10.8. The number of aryl methyl sites for hydroxylation is 1. The van der Waals surface area contributed by atoms with Crippen LogP contribution in [0.25, 0.3) is 10.9 Å². The predicted octanol–water partition coefficient (Wildman–Crippen LogP) is 4.13. The molecule has 0 amide bonds. The fraction of sp³-hybridized carbons (Fsp3) is 0.118. The highest BCUT2D eigenvalue weighted by Gasteiger charge is 2.12. The Bertz CT molecular complexity index is 813. The molecule has 0 spiro atoms. The van der Waals surface area contributed by atoms with Gasteiger partial charge in [-0.05, 0) is 52.7 Å². The standard InChI is InChI=1S/C17H13BrN2O/c1-11-8-16(20-15-5-3-2-4-14(11)15)17(21)9-13-7-6-12(18)10-19-13/h2-8,10H,9H2,1H3. The summed E-state index contributed by atoms with van der Waals surface area (Å²) in [5, 5.41) is 1.08. The number of ketones is 1. The highest BCUT2D eigenvalue weighted by atomic mass is 79.9. The molecule has 0 atom stereocenters. The molecule has 4 heteroatoms. The van der Waals surface area contributed by atoms with E-state index < -0.39 is 0 Å². The average Bonchev–Trinajstić information content (AvgIpc) is 2.49. The second-order valence-corrected chi connectivity index (χ2v) is 5.82. The van der Waals surface area contributed by atoms with Crippen LogP contribution in [0.1, 0.15) is 21.7 Å². The molecule has 2 heterocycles. The third-order valence-corrected chi connectivity index (χ3v) is 3.81. The van der Waals surface area contributed by atoms with E-state index >= 15 is 0 Å². The Morgan fingerprint density at radius 3 is 2.76 bits per heavy atom. The second-order valence-electron chi connectivity index (χ2n) is 4.91. The molecule has 0 radical (unpaired) electrons. The van der Waals surface area contributed by atoms with Crippen LogP contribution in [0.15, 0.2) is 53.1 Å². The van der Waals surface area contributed by atoms with E-state index in [-0.39, 0.29) is 12.2 Å². The summed E-state index contributed by atoms with van der Waals surface area (Å²) in [5.74, 6) is -0.0151. The van der Waals surface area contributed by atoms with E-state index in [9.17, 15) is 4.79 Å². The van der Waals surface area contributed by atoms with Gasteiger partial charge in [0.25, 0.3) is 0 Å². The summed E-state index contributed by atoms with van der Waals surface area (Å²) in [6.07, 6.45) is 1.96. The number of fused-ring (bicyclic) bond motifs is 1. The molecule has 0 aliphatic carbocycles. The molecule has 0 fully saturated rings. The zero-order chi connectivity index (χ0) is 14.8. The molecule has 0 N–H and O–H groups in total. The van der Waals surface area contributed by atoms with Gasteiger partial charge in [-0.2, -0.15) is 0 Å². The van der Waals surface area contributed by atoms with Crippen molar-refractivity contribution in [1.29, 1.82) is 0 Å². The third kappa shape index (κ3) is 3.00. The molecule has 0 unspecified atom stereocenters. The van der Waals surface area contributed by atoms with Gasteiger partial charge in [0.1, 0.15) is 5.69 Å². The lowest BCUT2D eigenvalue weighted by atomic mass is 10.1. The molecular weight excluding hydrogens is 328 g/mol. The van der Waals surface area contributed by atoms with Gasteiger partial charge in [-0.3, -0.25) is 9.78 Å². The van der Waals surface area contributed by atoms with E-state index in [0.29, 0.717) is 5.69 Å². The van der Waals surface area contributed by atoms with Crippen molar-refractivity contribution in [3.8, 4) is 0 Å². The smallest absolute Gasteiger partial charge is 0.187 e. The Kier molecular flexibility index (Phi) is 3.80. The first-order valence-corrected chi connectivity index (χ1v) is 7.43. The van der Waals surface area contributed by atoms with E-state index in [1.807, 2.05) is 49.4 Å². The van der Waals surface area contributed by atoms with Crippen LogP contribution in [0.4, 0.5) is 0 Å². The fourth-order valence-electron chi connectivity index (χ4n) is 2.26. The zero-order valence-electron chi connectivity index (χ0n) is 11.5. The van der Waals surface area contributed by atoms with Crippen LogP contribution >= 0.6 is 15.9 Å². The Morgan fingerprint density at radius 1 is 1.19 bits per heavy atom. The average molecular weight is 341 g/mol. The number of carbonyl (C=O) groups excluding carboxylic acids is 1. The number of pyridine rings is 2. The summed E-state index contributed by atoms with van der Waals surface area (Å²) in [7, 11) is 0. The van der Waals surface area contributed by atoms with E-state index in [4.69, 9.17) is 0 Å². The molecule has 0 bridgehead atoms. The minimum Gasteiger partial charge on any atom is -0.292 e.